The van der Waals surface area contributed by atoms with E-state index < -0.39 is 0 Å². The third kappa shape index (κ3) is 5.32. The van der Waals surface area contributed by atoms with E-state index in [0.717, 1.165) is 57.2 Å². The van der Waals surface area contributed by atoms with E-state index in [1.54, 1.807) is 13.2 Å². The molecule has 2 fully saturated rings. The summed E-state index contributed by atoms with van der Waals surface area (Å²) in [7, 11) is 1.70. The second kappa shape index (κ2) is 10.6. The summed E-state index contributed by atoms with van der Waals surface area (Å²) in [5.74, 6) is 1.71. The molecule has 0 saturated heterocycles. The van der Waals surface area contributed by atoms with Gasteiger partial charge in [0.2, 0.25) is 0 Å². The van der Waals surface area contributed by atoms with Gasteiger partial charge in [-0.3, -0.25) is 0 Å². The highest BCUT2D eigenvalue weighted by molar-refractivity contribution is 5.39. The maximum atomic E-state index is 10.6. The lowest BCUT2D eigenvalue weighted by Crippen LogP contribution is -2.55. The fourth-order valence-corrected chi connectivity index (χ4v) is 6.20. The number of aliphatic hydroxyl groups excluding tert-OH is 1. The molecule has 0 aliphatic heterocycles. The summed E-state index contributed by atoms with van der Waals surface area (Å²) in [4.78, 5) is 0. The Bertz CT molecular complexity index is 777. The van der Waals surface area contributed by atoms with Crippen LogP contribution in [0.2, 0.25) is 0 Å². The van der Waals surface area contributed by atoms with Gasteiger partial charge in [-0.05, 0) is 73.4 Å². The van der Waals surface area contributed by atoms with E-state index >= 15 is 0 Å². The highest BCUT2D eigenvalue weighted by Gasteiger charge is 2.56. The molecular formula is C27H43NO4. The normalized spacial score (nSPS) is 29.5. The smallest absolute Gasteiger partial charge is 0.123 e. The van der Waals surface area contributed by atoms with Gasteiger partial charge in [-0.2, -0.15) is 0 Å². The van der Waals surface area contributed by atoms with E-state index in [1.807, 2.05) is 12.1 Å². The maximum Gasteiger partial charge on any atom is 0.123 e. The summed E-state index contributed by atoms with van der Waals surface area (Å²) in [6, 6.07) is 5.68. The molecule has 0 radical (unpaired) electrons. The van der Waals surface area contributed by atoms with Crippen LogP contribution >= 0.6 is 0 Å². The first-order valence-electron chi connectivity index (χ1n) is 12.2. The number of aromatic hydroxyl groups is 1. The van der Waals surface area contributed by atoms with Crippen LogP contribution in [0.4, 0.5) is 0 Å². The van der Waals surface area contributed by atoms with Crippen LogP contribution in [0.5, 0.6) is 11.5 Å². The predicted octanol–water partition coefficient (Wildman–Crippen LogP) is 4.71. The number of phenolic OH excluding ortho intramolecular Hbond substituents is 1. The first kappa shape index (κ1) is 25.1. The molecule has 5 heteroatoms. The van der Waals surface area contributed by atoms with Crippen LogP contribution in [0.25, 0.3) is 0 Å². The molecule has 0 bridgehead atoms. The first-order chi connectivity index (χ1) is 15.2. The van der Waals surface area contributed by atoms with E-state index in [2.05, 4.69) is 32.7 Å². The molecule has 3 N–H and O–H groups in total. The van der Waals surface area contributed by atoms with E-state index in [1.165, 1.54) is 5.57 Å². The lowest BCUT2D eigenvalue weighted by molar-refractivity contribution is -0.128. The average molecular weight is 446 g/mol. The number of hydrogen-bond acceptors (Lipinski definition) is 5. The minimum Gasteiger partial charge on any atom is -0.508 e. The van der Waals surface area contributed by atoms with Gasteiger partial charge < -0.3 is 25.0 Å². The molecule has 0 amide bonds. The van der Waals surface area contributed by atoms with Crippen molar-refractivity contribution >= 4 is 0 Å². The number of ether oxygens (including phenoxy) is 2. The van der Waals surface area contributed by atoms with Crippen LogP contribution < -0.4 is 10.1 Å². The van der Waals surface area contributed by atoms with Gasteiger partial charge in [-0.25, -0.2) is 0 Å². The van der Waals surface area contributed by atoms with Crippen LogP contribution in [0, 0.1) is 22.7 Å². The Labute approximate surface area is 194 Å². The summed E-state index contributed by atoms with van der Waals surface area (Å²) in [5, 5.41) is 24.5. The van der Waals surface area contributed by atoms with E-state index in [-0.39, 0.29) is 22.9 Å². The number of phenols is 1. The molecule has 32 heavy (non-hydrogen) atoms. The minimum atomic E-state index is -0.242. The van der Waals surface area contributed by atoms with Crippen molar-refractivity contribution in [1.82, 2.24) is 5.32 Å². The number of rotatable bonds is 10. The van der Waals surface area contributed by atoms with Crippen LogP contribution in [-0.2, 0) is 11.2 Å². The number of aliphatic hydroxyl groups is 1. The van der Waals surface area contributed by atoms with Gasteiger partial charge in [0.25, 0.3) is 0 Å². The van der Waals surface area contributed by atoms with Crippen molar-refractivity contribution in [2.75, 3.05) is 33.4 Å². The minimum absolute atomic E-state index is 0.0792. The Hall–Kier alpha value is -1.56. The number of aryl methyl sites for hydroxylation is 1. The Morgan fingerprint density at radius 1 is 1.19 bits per heavy atom. The Balaban J connectivity index is 1.59. The Morgan fingerprint density at radius 3 is 2.69 bits per heavy atom. The lowest BCUT2D eigenvalue weighted by Gasteiger charge is -2.59. The SMILES string of the molecule is C=C1CCC2C(C)(C)C(O)CCC2(C)C1COc1ccc(CCCNCCOC)c(O)c1. The third-order valence-electron chi connectivity index (χ3n) is 8.31. The molecule has 3 rings (SSSR count). The van der Waals surface area contributed by atoms with Gasteiger partial charge >= 0.3 is 0 Å². The van der Waals surface area contributed by atoms with Crippen LogP contribution in [-0.4, -0.2) is 49.7 Å². The highest BCUT2D eigenvalue weighted by Crippen LogP contribution is 2.60. The van der Waals surface area contributed by atoms with E-state index in [0.29, 0.717) is 30.6 Å². The number of benzene rings is 1. The van der Waals surface area contributed by atoms with Gasteiger partial charge in [-0.15, -0.1) is 0 Å². The molecular weight excluding hydrogens is 402 g/mol. The van der Waals surface area contributed by atoms with Gasteiger partial charge in [0.1, 0.15) is 11.5 Å². The van der Waals surface area contributed by atoms with Crippen molar-refractivity contribution in [3.63, 3.8) is 0 Å². The first-order valence-corrected chi connectivity index (χ1v) is 12.2. The van der Waals surface area contributed by atoms with Crippen LogP contribution in [0.15, 0.2) is 30.4 Å². The second-order valence-corrected chi connectivity index (χ2v) is 10.6. The number of methoxy groups -OCH3 is 1. The van der Waals surface area contributed by atoms with Crippen LogP contribution in [0.1, 0.15) is 58.4 Å². The van der Waals surface area contributed by atoms with Crippen molar-refractivity contribution in [3.8, 4) is 11.5 Å². The Kier molecular flexibility index (Phi) is 8.29. The molecule has 2 aliphatic rings. The standard InChI is InChI=1S/C27H43NO4/c1-19-8-11-24-26(2,3)25(30)12-13-27(24,4)22(19)18-32-21-10-9-20(23(29)17-21)7-6-14-28-15-16-31-5/h9-10,17,22,24-25,28-30H,1,6-8,11-16,18H2,2-5H3. The predicted molar refractivity (Wildman–Crippen MR) is 129 cm³/mol. The summed E-state index contributed by atoms with van der Waals surface area (Å²) in [6.45, 7) is 14.2. The molecule has 1 aromatic carbocycles. The van der Waals surface area contributed by atoms with Gasteiger partial charge in [-0.1, -0.05) is 39.0 Å². The van der Waals surface area contributed by atoms with Gasteiger partial charge in [0, 0.05) is 25.6 Å². The number of hydrogen-bond donors (Lipinski definition) is 3. The molecule has 0 spiro atoms. The molecule has 4 unspecified atom stereocenters. The van der Waals surface area contributed by atoms with Crippen molar-refractivity contribution in [3.05, 3.63) is 35.9 Å². The summed E-state index contributed by atoms with van der Waals surface area (Å²) >= 11 is 0. The quantitative estimate of drug-likeness (QED) is 0.359. The lowest BCUT2D eigenvalue weighted by atomic mass is 9.47. The largest absolute Gasteiger partial charge is 0.508 e. The van der Waals surface area contributed by atoms with Gasteiger partial charge in [0.15, 0.2) is 0 Å². The topological polar surface area (TPSA) is 71.0 Å². The highest BCUT2D eigenvalue weighted by atomic mass is 16.5. The average Bonchev–Trinajstić information content (AvgIpc) is 2.74. The zero-order valence-corrected chi connectivity index (χ0v) is 20.5. The molecule has 5 nitrogen and oxygen atoms in total. The zero-order chi connectivity index (χ0) is 23.4. The van der Waals surface area contributed by atoms with Crippen molar-refractivity contribution in [1.29, 1.82) is 0 Å². The molecule has 0 heterocycles. The molecule has 2 saturated carbocycles. The third-order valence-corrected chi connectivity index (χ3v) is 8.31. The summed E-state index contributed by atoms with van der Waals surface area (Å²) in [6.07, 6.45) is 5.45. The van der Waals surface area contributed by atoms with Crippen LogP contribution in [0.3, 0.4) is 0 Å². The summed E-state index contributed by atoms with van der Waals surface area (Å²) in [5.41, 5.74) is 2.20. The fourth-order valence-electron chi connectivity index (χ4n) is 6.20. The maximum absolute atomic E-state index is 10.6. The van der Waals surface area contributed by atoms with E-state index in [9.17, 15) is 10.2 Å². The molecule has 180 valence electrons. The molecule has 1 aromatic rings. The molecule has 2 aliphatic carbocycles. The summed E-state index contributed by atoms with van der Waals surface area (Å²) < 4.78 is 11.3. The molecule has 4 atom stereocenters. The van der Waals surface area contributed by atoms with Crippen molar-refractivity contribution < 1.29 is 19.7 Å². The molecule has 0 aromatic heterocycles. The Morgan fingerprint density at radius 2 is 1.97 bits per heavy atom. The number of nitrogens with one attached hydrogen (secondary N) is 1. The second-order valence-electron chi connectivity index (χ2n) is 10.6. The van der Waals surface area contributed by atoms with Crippen molar-refractivity contribution in [2.45, 2.75) is 65.4 Å². The van der Waals surface area contributed by atoms with Gasteiger partial charge in [0.05, 0.1) is 19.3 Å². The monoisotopic (exact) mass is 445 g/mol. The zero-order valence-electron chi connectivity index (χ0n) is 20.5. The van der Waals surface area contributed by atoms with E-state index in [4.69, 9.17) is 9.47 Å². The van der Waals surface area contributed by atoms with Crippen molar-refractivity contribution in [2.24, 2.45) is 22.7 Å². The fraction of sp³-hybridized carbons (Fsp3) is 0.704. The number of fused-ring (bicyclic) bond motifs is 1.